The van der Waals surface area contributed by atoms with Crippen LogP contribution in [0.5, 0.6) is 5.75 Å². The Labute approximate surface area is 170 Å². The molecule has 9 nitrogen and oxygen atoms in total. The van der Waals surface area contributed by atoms with Crippen molar-refractivity contribution < 1.29 is 24.1 Å². The van der Waals surface area contributed by atoms with E-state index in [2.05, 4.69) is 15.4 Å². The second kappa shape index (κ2) is 7.22. The molecular weight excluding hydrogens is 393 g/mol. The molecule has 30 heavy (non-hydrogen) atoms. The van der Waals surface area contributed by atoms with Gasteiger partial charge in [-0.2, -0.15) is 5.10 Å². The van der Waals surface area contributed by atoms with E-state index in [0.29, 0.717) is 35.7 Å². The highest BCUT2D eigenvalue weighted by Gasteiger charge is 2.35. The summed E-state index contributed by atoms with van der Waals surface area (Å²) in [5, 5.41) is 27.4. The van der Waals surface area contributed by atoms with E-state index in [0.717, 1.165) is 0 Å². The summed E-state index contributed by atoms with van der Waals surface area (Å²) in [4.78, 5) is 19.0. The largest absolute Gasteiger partial charge is 0.490 e. The molecule has 1 saturated heterocycles. The van der Waals surface area contributed by atoms with Crippen molar-refractivity contribution in [1.29, 1.82) is 0 Å². The predicted molar refractivity (Wildman–Crippen MR) is 104 cm³/mol. The van der Waals surface area contributed by atoms with Gasteiger partial charge in [-0.05, 0) is 30.7 Å². The lowest BCUT2D eigenvalue weighted by Crippen LogP contribution is -2.35. The number of hydrogen-bond acceptors (Lipinski definition) is 7. The maximum atomic E-state index is 14.1. The Morgan fingerprint density at radius 1 is 1.23 bits per heavy atom. The number of anilines is 1. The van der Waals surface area contributed by atoms with Gasteiger partial charge in [0.1, 0.15) is 35.7 Å². The zero-order valence-electron chi connectivity index (χ0n) is 15.9. The minimum absolute atomic E-state index is 0.0271. The van der Waals surface area contributed by atoms with Gasteiger partial charge >= 0.3 is 0 Å². The summed E-state index contributed by atoms with van der Waals surface area (Å²) in [6.45, 7) is 0.184. The molecule has 0 unspecified atom stereocenters. The average Bonchev–Trinajstić information content (AvgIpc) is 3.33. The molecule has 3 N–H and O–H groups in total. The third-order valence-corrected chi connectivity index (χ3v) is 5.43. The van der Waals surface area contributed by atoms with E-state index in [-0.39, 0.29) is 24.8 Å². The maximum absolute atomic E-state index is 14.1. The van der Waals surface area contributed by atoms with Gasteiger partial charge in [-0.3, -0.25) is 4.79 Å². The second-order valence-corrected chi connectivity index (χ2v) is 7.53. The minimum Gasteiger partial charge on any atom is -0.490 e. The molecule has 1 aromatic carbocycles. The topological polar surface area (TPSA) is 112 Å². The lowest BCUT2D eigenvalue weighted by atomic mass is 10.0. The Morgan fingerprint density at radius 3 is 2.97 bits per heavy atom. The summed E-state index contributed by atoms with van der Waals surface area (Å²) in [6.07, 6.45) is 1.85. The van der Waals surface area contributed by atoms with Crippen molar-refractivity contribution in [3.8, 4) is 5.75 Å². The number of fused-ring (bicyclic) bond motifs is 5. The van der Waals surface area contributed by atoms with Gasteiger partial charge in [0.05, 0.1) is 18.3 Å². The van der Waals surface area contributed by atoms with Gasteiger partial charge in [0.25, 0.3) is 5.91 Å². The first-order valence-electron chi connectivity index (χ1n) is 9.67. The molecule has 2 aliphatic heterocycles. The number of nitrogens with one attached hydrogen (secondary N) is 1. The molecule has 4 heterocycles. The van der Waals surface area contributed by atoms with Gasteiger partial charge in [-0.25, -0.2) is 13.9 Å². The molecule has 0 saturated carbocycles. The molecule has 3 aromatic rings. The Morgan fingerprint density at radius 2 is 2.10 bits per heavy atom. The van der Waals surface area contributed by atoms with Crippen LogP contribution >= 0.6 is 0 Å². The molecule has 2 aliphatic rings. The second-order valence-electron chi connectivity index (χ2n) is 7.53. The van der Waals surface area contributed by atoms with Crippen LogP contribution in [0.3, 0.4) is 0 Å². The Hall–Kier alpha value is -3.24. The highest BCUT2D eigenvalue weighted by atomic mass is 19.1. The predicted octanol–water partition coefficient (Wildman–Crippen LogP) is 0.664. The first-order valence-corrected chi connectivity index (χ1v) is 9.67. The number of halogens is 1. The van der Waals surface area contributed by atoms with Crippen LogP contribution in [0.25, 0.3) is 5.65 Å². The summed E-state index contributed by atoms with van der Waals surface area (Å²) in [5.41, 5.74) is 1.19. The Balaban J connectivity index is 1.67. The Kier molecular flexibility index (Phi) is 4.52. The average molecular weight is 413 g/mol. The fourth-order valence-electron chi connectivity index (χ4n) is 4.00. The smallest absolute Gasteiger partial charge is 0.256 e. The fraction of sp³-hybridized carbons (Fsp3) is 0.350. The summed E-state index contributed by atoms with van der Waals surface area (Å²) < 4.78 is 21.4. The summed E-state index contributed by atoms with van der Waals surface area (Å²) >= 11 is 0. The molecule has 2 aromatic heterocycles. The molecule has 3 atom stereocenters. The number of benzene rings is 1. The number of β-amino-alcohol motifs (C(OH)–C–C–N with tert-alkyl or cyclic N) is 1. The number of rotatable bonds is 0. The number of ether oxygens (including phenoxy) is 1. The number of hydrogen-bond donors (Lipinski definition) is 3. The van der Waals surface area contributed by atoms with Crippen LogP contribution in [0.1, 0.15) is 28.4 Å². The van der Waals surface area contributed by atoms with Crippen LogP contribution in [0.15, 0.2) is 36.7 Å². The number of amides is 1. The van der Waals surface area contributed by atoms with E-state index in [1.54, 1.807) is 12.3 Å². The summed E-state index contributed by atoms with van der Waals surface area (Å²) in [7, 11) is 0. The zero-order chi connectivity index (χ0) is 20.8. The van der Waals surface area contributed by atoms with Crippen LogP contribution < -0.4 is 15.0 Å². The SMILES string of the molecule is O=C1NC[C@H](O)COc2ccc(F)cc2[C@H]2C[C@@H](O)CN2c2ccn3ncc1c3n2. The van der Waals surface area contributed by atoms with Gasteiger partial charge < -0.3 is 25.2 Å². The molecule has 5 rings (SSSR count). The minimum atomic E-state index is -0.967. The van der Waals surface area contributed by atoms with Crippen LogP contribution in [-0.2, 0) is 0 Å². The van der Waals surface area contributed by atoms with Gasteiger partial charge in [0, 0.05) is 24.8 Å². The van der Waals surface area contributed by atoms with Gasteiger partial charge in [0.2, 0.25) is 0 Å². The molecule has 0 aliphatic carbocycles. The van der Waals surface area contributed by atoms with Crippen molar-refractivity contribution >= 4 is 17.4 Å². The van der Waals surface area contributed by atoms with Gasteiger partial charge in [0.15, 0.2) is 5.65 Å². The first-order chi connectivity index (χ1) is 14.5. The summed E-state index contributed by atoms with van der Waals surface area (Å²) in [6, 6.07) is 5.53. The van der Waals surface area contributed by atoms with Crippen molar-refractivity contribution in [2.45, 2.75) is 24.7 Å². The normalized spacial score (nSPS) is 24.2. The number of aliphatic hydroxyl groups excluding tert-OH is 2. The van der Waals surface area contributed by atoms with E-state index in [1.807, 2.05) is 4.90 Å². The quantitative estimate of drug-likeness (QED) is 0.496. The molecule has 0 radical (unpaired) electrons. The van der Waals surface area contributed by atoms with Crippen molar-refractivity contribution in [1.82, 2.24) is 19.9 Å². The Bertz CT molecular complexity index is 1120. The van der Waals surface area contributed by atoms with Crippen LogP contribution in [0.4, 0.5) is 10.2 Å². The molecule has 2 bridgehead atoms. The van der Waals surface area contributed by atoms with E-state index in [4.69, 9.17) is 4.74 Å². The van der Waals surface area contributed by atoms with Crippen molar-refractivity contribution in [3.05, 3.63) is 53.6 Å². The maximum Gasteiger partial charge on any atom is 0.256 e. The monoisotopic (exact) mass is 413 g/mol. The molecule has 0 spiro atoms. The lowest BCUT2D eigenvalue weighted by Gasteiger charge is -2.28. The number of nitrogens with zero attached hydrogens (tertiary/aromatic N) is 4. The number of aliphatic hydroxyl groups is 2. The highest BCUT2D eigenvalue weighted by molar-refractivity contribution is 5.99. The third kappa shape index (κ3) is 3.23. The van der Waals surface area contributed by atoms with Gasteiger partial charge in [-0.15, -0.1) is 0 Å². The molecule has 1 amide bonds. The van der Waals surface area contributed by atoms with Crippen molar-refractivity contribution in [2.24, 2.45) is 0 Å². The van der Waals surface area contributed by atoms with Crippen LogP contribution in [0.2, 0.25) is 0 Å². The van der Waals surface area contributed by atoms with Gasteiger partial charge in [-0.1, -0.05) is 0 Å². The molecule has 10 heteroatoms. The molecular formula is C20H20FN5O4. The number of carbonyl (C=O) groups is 1. The standard InChI is InChI=1S/C20H20FN5O4/c21-11-1-2-17-14(5-11)16-6-12(27)9-25(16)18-3-4-26-19(24-18)15(8-23-26)20(29)22-7-13(28)10-30-17/h1-5,8,12-13,16,27-28H,6-7,9-10H2,(H,22,29)/t12-,13+,16-/m1/s1. The van der Waals surface area contributed by atoms with Crippen molar-refractivity contribution in [3.63, 3.8) is 0 Å². The molecule has 1 fully saturated rings. The lowest BCUT2D eigenvalue weighted by molar-refractivity contribution is 0.0842. The molecule has 156 valence electrons. The fourth-order valence-corrected chi connectivity index (χ4v) is 4.00. The summed E-state index contributed by atoms with van der Waals surface area (Å²) in [5.74, 6) is 0.111. The van der Waals surface area contributed by atoms with E-state index in [9.17, 15) is 19.4 Å². The van der Waals surface area contributed by atoms with Crippen LogP contribution in [-0.4, -0.2) is 62.6 Å². The van der Waals surface area contributed by atoms with E-state index in [1.165, 1.54) is 28.9 Å². The van der Waals surface area contributed by atoms with E-state index >= 15 is 0 Å². The first kappa shape index (κ1) is 18.8. The zero-order valence-corrected chi connectivity index (χ0v) is 15.9. The number of carbonyl (C=O) groups excluding carboxylic acids is 1. The highest BCUT2D eigenvalue weighted by Crippen LogP contribution is 2.40. The third-order valence-electron chi connectivity index (χ3n) is 5.43. The number of aromatic nitrogens is 3. The van der Waals surface area contributed by atoms with Crippen LogP contribution in [0, 0.1) is 5.82 Å². The van der Waals surface area contributed by atoms with E-state index < -0.39 is 23.9 Å². The van der Waals surface area contributed by atoms with Crippen molar-refractivity contribution in [2.75, 3.05) is 24.6 Å².